The molecule has 112 valence electrons. The number of methoxy groups -OCH3 is 1. The van der Waals surface area contributed by atoms with Crippen LogP contribution in [0, 0.1) is 0 Å². The molecular weight excluding hydrogens is 379 g/mol. The van der Waals surface area contributed by atoms with Crippen molar-refractivity contribution in [2.24, 2.45) is 0 Å². The van der Waals surface area contributed by atoms with E-state index in [1.807, 2.05) is 6.07 Å². The van der Waals surface area contributed by atoms with Gasteiger partial charge in [0.25, 0.3) is 0 Å². The Morgan fingerprint density at radius 2 is 1.62 bits per heavy atom. The zero-order valence-electron chi connectivity index (χ0n) is 10.5. The van der Waals surface area contributed by atoms with Crippen molar-refractivity contribution in [1.82, 2.24) is 4.98 Å². The quantitative estimate of drug-likeness (QED) is 0.604. The first-order valence-electron chi connectivity index (χ1n) is 5.57. The van der Waals surface area contributed by atoms with Gasteiger partial charge in [0, 0.05) is 0 Å². The Morgan fingerprint density at radius 1 is 1.00 bits per heavy atom. The number of ether oxygens (including phenoxy) is 2. The molecule has 0 N–H and O–H groups in total. The average molecular weight is 387 g/mol. The molecule has 0 saturated carbocycles. The van der Waals surface area contributed by atoms with Crippen LogP contribution in [0.2, 0.25) is 10.0 Å². The molecule has 1 aromatic heterocycles. The molecule has 2 aromatic rings. The Bertz CT molecular complexity index is 643. The third-order valence-electron chi connectivity index (χ3n) is 2.44. The molecule has 0 saturated heterocycles. The fraction of sp³-hybridized carbons (Fsp3) is 0.154. The summed E-state index contributed by atoms with van der Waals surface area (Å²) in [6, 6.07) is 8.90. The van der Waals surface area contributed by atoms with E-state index >= 15 is 0 Å². The number of aromatic nitrogens is 1. The Balaban J connectivity index is 2.55. The maximum absolute atomic E-state index is 6.16. The van der Waals surface area contributed by atoms with E-state index in [4.69, 9.17) is 67.5 Å². The third-order valence-corrected chi connectivity index (χ3v) is 3.66. The van der Waals surface area contributed by atoms with Gasteiger partial charge in [-0.25, -0.2) is 4.98 Å². The summed E-state index contributed by atoms with van der Waals surface area (Å²) in [4.78, 5) is 4.09. The van der Waals surface area contributed by atoms with Crippen LogP contribution < -0.4 is 9.47 Å². The largest absolute Gasteiger partial charge is 0.493 e. The Kier molecular flexibility index (Phi) is 5.33. The van der Waals surface area contributed by atoms with Crippen LogP contribution in [-0.4, -0.2) is 12.1 Å². The molecule has 0 amide bonds. The zero-order chi connectivity index (χ0) is 15.6. The lowest BCUT2D eigenvalue weighted by molar-refractivity contribution is 0.404. The van der Waals surface area contributed by atoms with E-state index in [9.17, 15) is 0 Å². The van der Waals surface area contributed by atoms with Crippen molar-refractivity contribution in [3.8, 4) is 17.4 Å². The lowest BCUT2D eigenvalue weighted by atomic mass is 10.3. The second kappa shape index (κ2) is 6.67. The van der Waals surface area contributed by atoms with Crippen molar-refractivity contribution < 1.29 is 9.47 Å². The number of hydrogen-bond acceptors (Lipinski definition) is 3. The summed E-state index contributed by atoms with van der Waals surface area (Å²) in [7, 11) is 1.39. The zero-order valence-corrected chi connectivity index (χ0v) is 14.3. The first kappa shape index (κ1) is 16.8. The Labute approximate surface area is 146 Å². The molecule has 3 nitrogen and oxygen atoms in total. The van der Waals surface area contributed by atoms with E-state index in [0.717, 1.165) is 0 Å². The highest BCUT2D eigenvalue weighted by molar-refractivity contribution is 6.67. The highest BCUT2D eigenvalue weighted by atomic mass is 35.6. The van der Waals surface area contributed by atoms with Gasteiger partial charge in [-0.1, -0.05) is 76.2 Å². The van der Waals surface area contributed by atoms with Gasteiger partial charge in [-0.15, -0.1) is 0 Å². The number of nitrogens with zero attached hydrogens (tertiary/aromatic N) is 1. The lowest BCUT2D eigenvalue weighted by Crippen LogP contribution is -2.08. The molecule has 0 aliphatic carbocycles. The molecule has 0 unspecified atom stereocenters. The van der Waals surface area contributed by atoms with Crippen molar-refractivity contribution in [1.29, 1.82) is 0 Å². The monoisotopic (exact) mass is 385 g/mol. The van der Waals surface area contributed by atoms with Crippen LogP contribution in [0.15, 0.2) is 30.3 Å². The molecule has 0 radical (unpaired) electrons. The summed E-state index contributed by atoms with van der Waals surface area (Å²) >= 11 is 29.8. The number of halogens is 5. The van der Waals surface area contributed by atoms with Crippen LogP contribution in [0.4, 0.5) is 0 Å². The van der Waals surface area contributed by atoms with E-state index in [1.54, 1.807) is 24.3 Å². The minimum atomic E-state index is -1.84. The van der Waals surface area contributed by atoms with Crippen molar-refractivity contribution in [2.75, 3.05) is 7.11 Å². The van der Waals surface area contributed by atoms with Crippen LogP contribution in [0.5, 0.6) is 17.4 Å². The molecular formula is C13H8Cl5NO2. The van der Waals surface area contributed by atoms with Gasteiger partial charge in [0.05, 0.1) is 7.11 Å². The standard InChI is InChI=1S/C13H8Cl5NO2/c1-20-10-8(14)11(13(16,17)18)19-12(9(10)15)21-7-5-3-2-4-6-7/h2-6H,1H3. The third kappa shape index (κ3) is 3.79. The smallest absolute Gasteiger partial charge is 0.242 e. The maximum atomic E-state index is 6.16. The summed E-state index contributed by atoms with van der Waals surface area (Å²) in [6.45, 7) is 0. The molecule has 0 atom stereocenters. The van der Waals surface area contributed by atoms with Gasteiger partial charge < -0.3 is 9.47 Å². The number of rotatable bonds is 3. The molecule has 2 rings (SSSR count). The number of alkyl halides is 3. The molecule has 0 fully saturated rings. The summed E-state index contributed by atoms with van der Waals surface area (Å²) in [5.74, 6) is 0.678. The molecule has 8 heteroatoms. The first-order valence-corrected chi connectivity index (χ1v) is 7.46. The molecule has 0 aliphatic heterocycles. The fourth-order valence-corrected chi connectivity index (χ4v) is 2.75. The number of para-hydroxylation sites is 1. The van der Waals surface area contributed by atoms with Gasteiger partial charge in [-0.2, -0.15) is 0 Å². The molecule has 1 aromatic carbocycles. The van der Waals surface area contributed by atoms with Crippen LogP contribution in [0.1, 0.15) is 5.69 Å². The topological polar surface area (TPSA) is 31.4 Å². The van der Waals surface area contributed by atoms with E-state index in [2.05, 4.69) is 4.98 Å². The highest BCUT2D eigenvalue weighted by Gasteiger charge is 2.32. The summed E-state index contributed by atoms with van der Waals surface area (Å²) < 4.78 is 8.87. The SMILES string of the molecule is COc1c(Cl)c(Oc2ccccc2)nc(C(Cl)(Cl)Cl)c1Cl. The maximum Gasteiger partial charge on any atom is 0.242 e. The van der Waals surface area contributed by atoms with E-state index in [1.165, 1.54) is 7.11 Å². The van der Waals surface area contributed by atoms with Gasteiger partial charge in [0.1, 0.15) is 21.5 Å². The fourth-order valence-electron chi connectivity index (χ4n) is 1.54. The van der Waals surface area contributed by atoms with E-state index < -0.39 is 3.79 Å². The van der Waals surface area contributed by atoms with Gasteiger partial charge >= 0.3 is 0 Å². The summed E-state index contributed by atoms with van der Waals surface area (Å²) in [6.07, 6.45) is 0. The van der Waals surface area contributed by atoms with Gasteiger partial charge in [0.2, 0.25) is 9.67 Å². The molecule has 1 heterocycles. The van der Waals surface area contributed by atoms with Crippen molar-refractivity contribution >= 4 is 58.0 Å². The second-order valence-electron chi connectivity index (χ2n) is 3.84. The lowest BCUT2D eigenvalue weighted by Gasteiger charge is -2.18. The van der Waals surface area contributed by atoms with Crippen LogP contribution >= 0.6 is 58.0 Å². The predicted molar refractivity (Wildman–Crippen MR) is 86.6 cm³/mol. The number of benzene rings is 1. The second-order valence-corrected chi connectivity index (χ2v) is 6.88. The first-order chi connectivity index (χ1) is 9.84. The molecule has 21 heavy (non-hydrogen) atoms. The van der Waals surface area contributed by atoms with Gasteiger partial charge in [-0.3, -0.25) is 0 Å². The van der Waals surface area contributed by atoms with Crippen molar-refractivity contribution in [3.05, 3.63) is 46.1 Å². The summed E-state index contributed by atoms with van der Waals surface area (Å²) in [5, 5.41) is 0.104. The Morgan fingerprint density at radius 3 is 2.14 bits per heavy atom. The Hall–Kier alpha value is -0.580. The predicted octanol–water partition coefficient (Wildman–Crippen LogP) is 6.02. The number of pyridine rings is 1. The van der Waals surface area contributed by atoms with Gasteiger partial charge in [-0.05, 0) is 12.1 Å². The normalized spacial score (nSPS) is 11.3. The molecule has 0 aliphatic rings. The molecule has 0 bridgehead atoms. The summed E-state index contributed by atoms with van der Waals surface area (Å²) in [5.41, 5.74) is -0.0265. The van der Waals surface area contributed by atoms with E-state index in [-0.39, 0.29) is 27.4 Å². The number of hydrogen-bond donors (Lipinski definition) is 0. The van der Waals surface area contributed by atoms with E-state index in [0.29, 0.717) is 5.75 Å². The minimum absolute atomic E-state index is 0.0166. The van der Waals surface area contributed by atoms with Crippen LogP contribution in [0.3, 0.4) is 0 Å². The van der Waals surface area contributed by atoms with Crippen molar-refractivity contribution in [3.63, 3.8) is 0 Å². The van der Waals surface area contributed by atoms with Crippen LogP contribution in [-0.2, 0) is 3.79 Å². The average Bonchev–Trinajstić information content (AvgIpc) is 2.42. The van der Waals surface area contributed by atoms with Crippen LogP contribution in [0.25, 0.3) is 0 Å². The van der Waals surface area contributed by atoms with Gasteiger partial charge in [0.15, 0.2) is 5.75 Å². The van der Waals surface area contributed by atoms with Crippen molar-refractivity contribution in [2.45, 2.75) is 3.79 Å². The highest BCUT2D eigenvalue weighted by Crippen LogP contribution is 2.48. The minimum Gasteiger partial charge on any atom is -0.493 e. The molecule has 0 spiro atoms.